The van der Waals surface area contributed by atoms with Crippen LogP contribution in [0.4, 0.5) is 5.69 Å². The van der Waals surface area contributed by atoms with E-state index in [0.717, 1.165) is 12.1 Å². The van der Waals surface area contributed by atoms with Gasteiger partial charge in [0.05, 0.1) is 0 Å². The second-order valence-corrected chi connectivity index (χ2v) is 4.41. The normalized spacial score (nSPS) is 18.6. The number of benzene rings is 1. The van der Waals surface area contributed by atoms with Crippen LogP contribution in [0.1, 0.15) is 12.8 Å². The summed E-state index contributed by atoms with van der Waals surface area (Å²) in [6.45, 7) is 0.671. The van der Waals surface area contributed by atoms with E-state index in [4.69, 9.17) is 12.2 Å². The minimum atomic E-state index is 0.124. The topological polar surface area (TPSA) is 53.2 Å². The van der Waals surface area contributed by atoms with Crippen LogP contribution in [0.5, 0.6) is 0 Å². The second kappa shape index (κ2) is 5.63. The Hall–Kier alpha value is -1.62. The molecular weight excluding hydrogens is 234 g/mol. The van der Waals surface area contributed by atoms with Crippen molar-refractivity contribution in [2.75, 3.05) is 11.9 Å². The van der Waals surface area contributed by atoms with Gasteiger partial charge in [-0.3, -0.25) is 4.79 Å². The Morgan fingerprint density at radius 3 is 2.82 bits per heavy atom. The summed E-state index contributed by atoms with van der Waals surface area (Å²) >= 11 is 5.17. The zero-order valence-corrected chi connectivity index (χ0v) is 10.2. The fraction of sp³-hybridized carbons (Fsp3) is 0.333. The fourth-order valence-electron chi connectivity index (χ4n) is 1.74. The number of rotatable bonds is 3. The molecule has 0 radical (unpaired) electrons. The highest BCUT2D eigenvalue weighted by atomic mass is 32.1. The van der Waals surface area contributed by atoms with Crippen LogP contribution in [0.25, 0.3) is 0 Å². The monoisotopic (exact) mass is 249 g/mol. The molecule has 1 aliphatic heterocycles. The zero-order chi connectivity index (χ0) is 12.1. The molecule has 1 fully saturated rings. The Bertz CT molecular complexity index is 407. The quantitative estimate of drug-likeness (QED) is 0.706. The summed E-state index contributed by atoms with van der Waals surface area (Å²) < 4.78 is 0. The number of nitrogens with one attached hydrogen (secondary N) is 3. The summed E-state index contributed by atoms with van der Waals surface area (Å²) in [7, 11) is 0. The SMILES string of the molecule is O=C1CCC(CNC(=S)Nc2ccccc2)N1. The minimum absolute atomic E-state index is 0.124. The molecule has 0 aliphatic carbocycles. The van der Waals surface area contributed by atoms with E-state index in [1.54, 1.807) is 0 Å². The van der Waals surface area contributed by atoms with Gasteiger partial charge in [0.2, 0.25) is 5.91 Å². The molecule has 90 valence electrons. The van der Waals surface area contributed by atoms with Crippen molar-refractivity contribution < 1.29 is 4.79 Å². The average molecular weight is 249 g/mol. The van der Waals surface area contributed by atoms with Crippen molar-refractivity contribution in [3.63, 3.8) is 0 Å². The van der Waals surface area contributed by atoms with E-state index in [1.807, 2.05) is 30.3 Å². The van der Waals surface area contributed by atoms with Crippen molar-refractivity contribution in [3.05, 3.63) is 30.3 Å². The van der Waals surface area contributed by atoms with Crippen LogP contribution in [0.15, 0.2) is 30.3 Å². The third kappa shape index (κ3) is 3.71. The van der Waals surface area contributed by atoms with E-state index >= 15 is 0 Å². The lowest BCUT2D eigenvalue weighted by molar-refractivity contribution is -0.119. The van der Waals surface area contributed by atoms with Crippen molar-refractivity contribution in [1.82, 2.24) is 10.6 Å². The molecule has 2 rings (SSSR count). The standard InChI is InChI=1S/C12H15N3OS/c16-11-7-6-10(14-11)8-13-12(17)15-9-4-2-1-3-5-9/h1-5,10H,6-8H2,(H,14,16)(H2,13,15,17). The summed E-state index contributed by atoms with van der Waals surface area (Å²) in [6.07, 6.45) is 1.49. The van der Waals surface area contributed by atoms with Gasteiger partial charge in [0.15, 0.2) is 5.11 Å². The molecule has 1 aromatic rings. The first-order chi connectivity index (χ1) is 8.24. The Labute approximate surface area is 106 Å². The first kappa shape index (κ1) is 11.9. The maximum Gasteiger partial charge on any atom is 0.220 e. The number of carbonyl (C=O) groups excluding carboxylic acids is 1. The Morgan fingerprint density at radius 1 is 1.41 bits per heavy atom. The van der Waals surface area contributed by atoms with Crippen LogP contribution in [-0.4, -0.2) is 23.6 Å². The van der Waals surface area contributed by atoms with E-state index < -0.39 is 0 Å². The van der Waals surface area contributed by atoms with Crippen molar-refractivity contribution in [2.45, 2.75) is 18.9 Å². The molecule has 5 heteroatoms. The van der Waals surface area contributed by atoms with Gasteiger partial charge in [0, 0.05) is 24.7 Å². The molecular formula is C12H15N3OS. The van der Waals surface area contributed by atoms with Gasteiger partial charge in [-0.2, -0.15) is 0 Å². The summed E-state index contributed by atoms with van der Waals surface area (Å²) in [5.41, 5.74) is 0.959. The summed E-state index contributed by atoms with van der Waals surface area (Å²) in [5.74, 6) is 0.124. The maximum absolute atomic E-state index is 11.0. The molecule has 4 nitrogen and oxygen atoms in total. The zero-order valence-electron chi connectivity index (χ0n) is 9.40. The van der Waals surface area contributed by atoms with Crippen molar-refractivity contribution in [3.8, 4) is 0 Å². The van der Waals surface area contributed by atoms with Gasteiger partial charge in [0.1, 0.15) is 0 Å². The number of hydrogen-bond donors (Lipinski definition) is 3. The van der Waals surface area contributed by atoms with Gasteiger partial charge in [-0.25, -0.2) is 0 Å². The molecule has 3 N–H and O–H groups in total. The van der Waals surface area contributed by atoms with Gasteiger partial charge in [-0.15, -0.1) is 0 Å². The number of amides is 1. The fourth-order valence-corrected chi connectivity index (χ4v) is 1.94. The predicted molar refractivity (Wildman–Crippen MR) is 71.8 cm³/mol. The molecule has 0 aromatic heterocycles. The Kier molecular flexibility index (Phi) is 3.93. The van der Waals surface area contributed by atoms with E-state index in [2.05, 4.69) is 16.0 Å². The van der Waals surface area contributed by atoms with Crippen LogP contribution in [-0.2, 0) is 4.79 Å². The maximum atomic E-state index is 11.0. The van der Waals surface area contributed by atoms with Crippen molar-refractivity contribution in [1.29, 1.82) is 0 Å². The van der Waals surface area contributed by atoms with Gasteiger partial charge >= 0.3 is 0 Å². The molecule has 1 aliphatic rings. The third-order valence-electron chi connectivity index (χ3n) is 2.63. The van der Waals surface area contributed by atoms with Gasteiger partial charge in [-0.05, 0) is 30.8 Å². The number of hydrogen-bond acceptors (Lipinski definition) is 2. The first-order valence-electron chi connectivity index (χ1n) is 5.63. The molecule has 17 heavy (non-hydrogen) atoms. The molecule has 0 spiro atoms. The molecule has 1 amide bonds. The first-order valence-corrected chi connectivity index (χ1v) is 6.04. The highest BCUT2D eigenvalue weighted by molar-refractivity contribution is 7.80. The van der Waals surface area contributed by atoms with Gasteiger partial charge in [-0.1, -0.05) is 18.2 Å². The smallest absolute Gasteiger partial charge is 0.220 e. The second-order valence-electron chi connectivity index (χ2n) is 4.00. The van der Waals surface area contributed by atoms with E-state index in [0.29, 0.717) is 18.1 Å². The number of carbonyl (C=O) groups is 1. The lowest BCUT2D eigenvalue weighted by atomic mass is 10.2. The number of thiocarbonyl (C=S) groups is 1. The Morgan fingerprint density at radius 2 is 2.18 bits per heavy atom. The van der Waals surface area contributed by atoms with Gasteiger partial charge in [0.25, 0.3) is 0 Å². The Balaban J connectivity index is 1.73. The summed E-state index contributed by atoms with van der Waals surface area (Å²) in [4.78, 5) is 11.0. The largest absolute Gasteiger partial charge is 0.360 e. The van der Waals surface area contributed by atoms with Crippen LogP contribution in [0.3, 0.4) is 0 Å². The third-order valence-corrected chi connectivity index (χ3v) is 2.87. The highest BCUT2D eigenvalue weighted by Crippen LogP contribution is 2.06. The molecule has 1 atom stereocenters. The lowest BCUT2D eigenvalue weighted by Crippen LogP contribution is -2.40. The average Bonchev–Trinajstić information content (AvgIpc) is 2.74. The predicted octanol–water partition coefficient (Wildman–Crippen LogP) is 1.25. The van der Waals surface area contributed by atoms with Gasteiger partial charge < -0.3 is 16.0 Å². The highest BCUT2D eigenvalue weighted by Gasteiger charge is 2.20. The van der Waals surface area contributed by atoms with Crippen molar-refractivity contribution >= 4 is 28.9 Å². The lowest BCUT2D eigenvalue weighted by Gasteiger charge is -2.14. The van der Waals surface area contributed by atoms with Crippen molar-refractivity contribution in [2.24, 2.45) is 0 Å². The molecule has 1 unspecified atom stereocenters. The van der Waals surface area contributed by atoms with Crippen LogP contribution >= 0.6 is 12.2 Å². The number of para-hydroxylation sites is 1. The molecule has 1 aromatic carbocycles. The van der Waals surface area contributed by atoms with Crippen LogP contribution < -0.4 is 16.0 Å². The summed E-state index contributed by atoms with van der Waals surface area (Å²) in [6, 6.07) is 9.94. The van der Waals surface area contributed by atoms with E-state index in [-0.39, 0.29) is 11.9 Å². The minimum Gasteiger partial charge on any atom is -0.360 e. The van der Waals surface area contributed by atoms with Crippen LogP contribution in [0, 0.1) is 0 Å². The summed E-state index contributed by atoms with van der Waals surface area (Å²) in [5, 5.41) is 9.65. The molecule has 0 saturated carbocycles. The molecule has 0 bridgehead atoms. The van der Waals surface area contributed by atoms with Crippen LogP contribution in [0.2, 0.25) is 0 Å². The molecule has 1 saturated heterocycles. The van der Waals surface area contributed by atoms with E-state index in [9.17, 15) is 4.79 Å². The van der Waals surface area contributed by atoms with E-state index in [1.165, 1.54) is 0 Å². The number of anilines is 1. The molecule has 1 heterocycles.